The van der Waals surface area contributed by atoms with Crippen LogP contribution in [0, 0.1) is 0 Å². The summed E-state index contributed by atoms with van der Waals surface area (Å²) in [5, 5.41) is 0. The highest BCUT2D eigenvalue weighted by molar-refractivity contribution is 4.81. The molecule has 1 aliphatic rings. The van der Waals surface area contributed by atoms with Gasteiger partial charge in [-0.1, -0.05) is 0 Å². The van der Waals surface area contributed by atoms with Crippen LogP contribution < -0.4 is 0 Å². The summed E-state index contributed by atoms with van der Waals surface area (Å²) in [5.41, 5.74) is -0.384. The number of hydrogen-bond donors (Lipinski definition) is 0. The summed E-state index contributed by atoms with van der Waals surface area (Å²) in [7, 11) is 0. The first-order valence-corrected chi connectivity index (χ1v) is 6.10. The summed E-state index contributed by atoms with van der Waals surface area (Å²) >= 11 is 0. The predicted octanol–water partition coefficient (Wildman–Crippen LogP) is 3.12. The fourth-order valence-corrected chi connectivity index (χ4v) is 2.02. The molecule has 0 aromatic rings. The Morgan fingerprint density at radius 3 is 1.50 bits per heavy atom. The van der Waals surface area contributed by atoms with Crippen molar-refractivity contribution in [3.8, 4) is 0 Å². The zero-order chi connectivity index (χ0) is 12.4. The zero-order valence-electron chi connectivity index (χ0n) is 11.6. The van der Waals surface area contributed by atoms with Crippen molar-refractivity contribution in [3.63, 3.8) is 0 Å². The van der Waals surface area contributed by atoms with Crippen LogP contribution in [0.25, 0.3) is 0 Å². The van der Waals surface area contributed by atoms with E-state index in [1.807, 2.05) is 0 Å². The van der Waals surface area contributed by atoms with Gasteiger partial charge < -0.3 is 14.2 Å². The molecule has 0 amide bonds. The van der Waals surface area contributed by atoms with Gasteiger partial charge in [0.05, 0.1) is 24.4 Å². The fraction of sp³-hybridized carbons (Fsp3) is 1.00. The first-order valence-electron chi connectivity index (χ1n) is 6.10. The van der Waals surface area contributed by atoms with Crippen molar-refractivity contribution in [3.05, 3.63) is 0 Å². The Bertz CT molecular complexity index is 198. The molecule has 0 spiro atoms. The van der Waals surface area contributed by atoms with Gasteiger partial charge in [0, 0.05) is 12.8 Å². The smallest absolute Gasteiger partial charge is 0.174 e. The van der Waals surface area contributed by atoms with E-state index in [-0.39, 0.29) is 11.2 Å². The predicted molar refractivity (Wildman–Crippen MR) is 64.5 cm³/mol. The zero-order valence-corrected chi connectivity index (χ0v) is 11.6. The second-order valence-electron chi connectivity index (χ2n) is 6.45. The molecule has 1 aliphatic heterocycles. The molecule has 0 radical (unpaired) electrons. The van der Waals surface area contributed by atoms with Crippen LogP contribution in [0.2, 0.25) is 0 Å². The minimum Gasteiger partial charge on any atom is -0.381 e. The maximum Gasteiger partial charge on any atom is 0.174 e. The summed E-state index contributed by atoms with van der Waals surface area (Å²) in [4.78, 5) is 0. The molecule has 0 aromatic carbocycles. The Hall–Kier alpha value is -0.120. The van der Waals surface area contributed by atoms with Crippen LogP contribution >= 0.6 is 0 Å². The summed E-state index contributed by atoms with van der Waals surface area (Å²) < 4.78 is 17.7. The molecule has 0 saturated carbocycles. The lowest BCUT2D eigenvalue weighted by Gasteiger charge is -2.45. The number of ether oxygens (including phenoxy) is 3. The lowest BCUT2D eigenvalue weighted by Crippen LogP contribution is -2.50. The van der Waals surface area contributed by atoms with E-state index >= 15 is 0 Å². The van der Waals surface area contributed by atoms with Crippen molar-refractivity contribution in [1.29, 1.82) is 0 Å². The van der Waals surface area contributed by atoms with Gasteiger partial charge in [-0.2, -0.15) is 0 Å². The van der Waals surface area contributed by atoms with Crippen LogP contribution in [0.1, 0.15) is 54.4 Å². The second-order valence-corrected chi connectivity index (χ2v) is 6.45. The molecule has 0 atom stereocenters. The molecule has 0 bridgehead atoms. The quantitative estimate of drug-likeness (QED) is 0.682. The lowest BCUT2D eigenvalue weighted by molar-refractivity contribution is -0.332. The van der Waals surface area contributed by atoms with E-state index in [9.17, 15) is 0 Å². The standard InChI is InChI=1S/C13H26O3/c1-11(2,3)15-13(16-12(4,5)6)7-9-14-10-8-13/h7-10H2,1-6H3. The van der Waals surface area contributed by atoms with Crippen molar-refractivity contribution < 1.29 is 14.2 Å². The number of hydrogen-bond acceptors (Lipinski definition) is 3. The first kappa shape index (κ1) is 13.9. The van der Waals surface area contributed by atoms with Gasteiger partial charge in [-0.15, -0.1) is 0 Å². The van der Waals surface area contributed by atoms with E-state index in [1.165, 1.54) is 0 Å². The molecule has 0 aliphatic carbocycles. The average Bonchev–Trinajstić information content (AvgIpc) is 1.97. The van der Waals surface area contributed by atoms with Crippen LogP contribution in [0.4, 0.5) is 0 Å². The van der Waals surface area contributed by atoms with Crippen molar-refractivity contribution >= 4 is 0 Å². The van der Waals surface area contributed by atoms with Crippen LogP contribution in [0.3, 0.4) is 0 Å². The summed E-state index contributed by atoms with van der Waals surface area (Å²) in [6.45, 7) is 13.8. The highest BCUT2D eigenvalue weighted by atomic mass is 16.7. The normalized spacial score (nSPS) is 22.1. The summed E-state index contributed by atoms with van der Waals surface area (Å²) in [6, 6.07) is 0. The third kappa shape index (κ3) is 4.81. The highest BCUT2D eigenvalue weighted by Crippen LogP contribution is 2.34. The SMILES string of the molecule is CC(C)(C)OC1(OC(C)(C)C)CCOCC1. The third-order valence-corrected chi connectivity index (χ3v) is 2.24. The molecule has 1 fully saturated rings. The Morgan fingerprint density at radius 2 is 1.19 bits per heavy atom. The van der Waals surface area contributed by atoms with E-state index < -0.39 is 5.79 Å². The van der Waals surface area contributed by atoms with Crippen LogP contribution in [-0.2, 0) is 14.2 Å². The Balaban J connectivity index is 2.75. The molecule has 0 aromatic heterocycles. The second kappa shape index (κ2) is 4.63. The van der Waals surface area contributed by atoms with Crippen molar-refractivity contribution in [2.24, 2.45) is 0 Å². The molecular formula is C13H26O3. The minimum absolute atomic E-state index is 0.192. The van der Waals surface area contributed by atoms with Crippen LogP contribution in [-0.4, -0.2) is 30.2 Å². The van der Waals surface area contributed by atoms with Gasteiger partial charge in [0.15, 0.2) is 5.79 Å². The van der Waals surface area contributed by atoms with Crippen molar-refractivity contribution in [1.82, 2.24) is 0 Å². The molecule has 0 unspecified atom stereocenters. The number of rotatable bonds is 2. The van der Waals surface area contributed by atoms with Crippen LogP contribution in [0.5, 0.6) is 0 Å². The van der Waals surface area contributed by atoms with Gasteiger partial charge in [-0.05, 0) is 41.5 Å². The van der Waals surface area contributed by atoms with Gasteiger partial charge >= 0.3 is 0 Å². The van der Waals surface area contributed by atoms with Gasteiger partial charge in [0.1, 0.15) is 0 Å². The Morgan fingerprint density at radius 1 is 0.812 bits per heavy atom. The Labute approximate surface area is 99.5 Å². The summed E-state index contributed by atoms with van der Waals surface area (Å²) in [6.07, 6.45) is 1.61. The van der Waals surface area contributed by atoms with E-state index in [4.69, 9.17) is 14.2 Å². The molecule has 96 valence electrons. The van der Waals surface area contributed by atoms with Gasteiger partial charge in [0.25, 0.3) is 0 Å². The maximum absolute atomic E-state index is 6.14. The highest BCUT2D eigenvalue weighted by Gasteiger charge is 2.41. The van der Waals surface area contributed by atoms with E-state index in [1.54, 1.807) is 0 Å². The molecule has 1 saturated heterocycles. The summed E-state index contributed by atoms with van der Waals surface area (Å²) in [5.74, 6) is -0.477. The molecule has 0 N–H and O–H groups in total. The molecule has 1 rings (SSSR count). The lowest BCUT2D eigenvalue weighted by atomic mass is 10.0. The molecule has 3 heteroatoms. The monoisotopic (exact) mass is 230 g/mol. The van der Waals surface area contributed by atoms with Gasteiger partial charge in [-0.3, -0.25) is 0 Å². The average molecular weight is 230 g/mol. The van der Waals surface area contributed by atoms with E-state index in [0.717, 1.165) is 12.8 Å². The van der Waals surface area contributed by atoms with Crippen molar-refractivity contribution in [2.75, 3.05) is 13.2 Å². The van der Waals surface area contributed by atoms with E-state index in [0.29, 0.717) is 13.2 Å². The molecular weight excluding hydrogens is 204 g/mol. The minimum atomic E-state index is -0.477. The van der Waals surface area contributed by atoms with Gasteiger partial charge in [-0.25, -0.2) is 0 Å². The largest absolute Gasteiger partial charge is 0.381 e. The Kier molecular flexibility index (Phi) is 4.04. The molecule has 16 heavy (non-hydrogen) atoms. The fourth-order valence-electron chi connectivity index (χ4n) is 2.02. The maximum atomic E-state index is 6.14. The van der Waals surface area contributed by atoms with Crippen molar-refractivity contribution in [2.45, 2.75) is 71.4 Å². The third-order valence-electron chi connectivity index (χ3n) is 2.24. The first-order chi connectivity index (χ1) is 7.12. The van der Waals surface area contributed by atoms with Crippen LogP contribution in [0.15, 0.2) is 0 Å². The molecule has 1 heterocycles. The van der Waals surface area contributed by atoms with E-state index in [2.05, 4.69) is 41.5 Å². The van der Waals surface area contributed by atoms with Gasteiger partial charge in [0.2, 0.25) is 0 Å². The molecule has 3 nitrogen and oxygen atoms in total. The topological polar surface area (TPSA) is 27.7 Å².